The first-order valence-corrected chi connectivity index (χ1v) is 11.2. The number of nitrogens with zero attached hydrogens (tertiary/aromatic N) is 3. The van der Waals surface area contributed by atoms with E-state index in [9.17, 15) is 9.18 Å². The molecule has 35 heavy (non-hydrogen) atoms. The summed E-state index contributed by atoms with van der Waals surface area (Å²) in [6.45, 7) is 5.76. The van der Waals surface area contributed by atoms with Gasteiger partial charge in [-0.3, -0.25) is 4.99 Å². The fourth-order valence-electron chi connectivity index (χ4n) is 2.87. The fraction of sp³-hybridized carbons (Fsp3) is 0.167. The molecule has 0 aliphatic carbocycles. The molecular formula is C24H24Cl2FN7O. The van der Waals surface area contributed by atoms with Crippen molar-refractivity contribution < 1.29 is 9.18 Å². The maximum atomic E-state index is 14.6. The Balaban J connectivity index is 1.97. The van der Waals surface area contributed by atoms with Crippen LogP contribution in [0.25, 0.3) is 11.3 Å². The van der Waals surface area contributed by atoms with Crippen molar-refractivity contribution in [1.29, 1.82) is 0 Å². The molecule has 3 aromatic rings. The molecule has 2 amide bonds. The average molecular weight is 516 g/mol. The summed E-state index contributed by atoms with van der Waals surface area (Å²) in [6, 6.07) is 9.71. The molecule has 0 aliphatic rings. The van der Waals surface area contributed by atoms with Gasteiger partial charge in [-0.05, 0) is 62.7 Å². The third-order valence-corrected chi connectivity index (χ3v) is 5.26. The Kier molecular flexibility index (Phi) is 7.93. The van der Waals surface area contributed by atoms with E-state index in [0.717, 1.165) is 0 Å². The van der Waals surface area contributed by atoms with Crippen molar-refractivity contribution in [2.75, 3.05) is 16.4 Å². The van der Waals surface area contributed by atoms with Gasteiger partial charge in [0, 0.05) is 23.7 Å². The molecule has 1 heterocycles. The fourth-order valence-corrected chi connectivity index (χ4v) is 3.16. The van der Waals surface area contributed by atoms with Crippen LogP contribution < -0.4 is 22.1 Å². The van der Waals surface area contributed by atoms with Crippen LogP contribution in [-0.2, 0) is 0 Å². The van der Waals surface area contributed by atoms with E-state index in [-0.39, 0.29) is 22.4 Å². The number of benzene rings is 2. The second-order valence-electron chi connectivity index (χ2n) is 8.46. The number of nitrogen functional groups attached to an aromatic ring is 1. The molecule has 0 saturated carbocycles. The molecular weight excluding hydrogens is 492 g/mol. The first-order valence-electron chi connectivity index (χ1n) is 10.4. The largest absolute Gasteiger partial charge is 0.396 e. The van der Waals surface area contributed by atoms with Gasteiger partial charge in [0.2, 0.25) is 5.95 Å². The lowest BCUT2D eigenvalue weighted by Gasteiger charge is -2.15. The molecule has 6 N–H and O–H groups in total. The van der Waals surface area contributed by atoms with Crippen LogP contribution in [0.15, 0.2) is 53.7 Å². The van der Waals surface area contributed by atoms with E-state index >= 15 is 0 Å². The first-order chi connectivity index (χ1) is 16.4. The third kappa shape index (κ3) is 7.14. The number of anilines is 3. The van der Waals surface area contributed by atoms with Crippen molar-refractivity contribution in [3.05, 3.63) is 75.8 Å². The van der Waals surface area contributed by atoms with E-state index in [4.69, 9.17) is 34.7 Å². The maximum absolute atomic E-state index is 14.6. The van der Waals surface area contributed by atoms with Crippen LogP contribution in [0.1, 0.15) is 32.0 Å². The number of nitrogens with two attached hydrogens (primary N) is 2. The number of aliphatic imine (C=N–C) groups is 1. The van der Waals surface area contributed by atoms with Gasteiger partial charge in [0.15, 0.2) is 0 Å². The van der Waals surface area contributed by atoms with E-state index in [2.05, 4.69) is 25.6 Å². The van der Waals surface area contributed by atoms with Crippen molar-refractivity contribution in [2.24, 2.45) is 10.7 Å². The van der Waals surface area contributed by atoms with E-state index in [1.165, 1.54) is 36.5 Å². The highest BCUT2D eigenvalue weighted by Gasteiger charge is 2.15. The SMILES string of the molecule is CC(C)(C)N=CC(=C(N)c1ccnc(N)n1)c1ccc(F)c(NC(=O)Nc2ccc(Cl)c(Cl)c2)c1. The minimum atomic E-state index is -0.676. The molecule has 1 aromatic heterocycles. The second-order valence-corrected chi connectivity index (χ2v) is 9.27. The Morgan fingerprint density at radius 3 is 2.49 bits per heavy atom. The highest BCUT2D eigenvalue weighted by Crippen LogP contribution is 2.27. The Bertz CT molecular complexity index is 1320. The normalized spacial score (nSPS) is 12.4. The molecule has 0 atom stereocenters. The minimum Gasteiger partial charge on any atom is -0.396 e. The summed E-state index contributed by atoms with van der Waals surface area (Å²) >= 11 is 11.9. The van der Waals surface area contributed by atoms with Crippen LogP contribution >= 0.6 is 23.2 Å². The van der Waals surface area contributed by atoms with Gasteiger partial charge in [-0.15, -0.1) is 0 Å². The zero-order valence-electron chi connectivity index (χ0n) is 19.2. The third-order valence-electron chi connectivity index (χ3n) is 4.52. The summed E-state index contributed by atoms with van der Waals surface area (Å²) in [6.07, 6.45) is 3.06. The van der Waals surface area contributed by atoms with Gasteiger partial charge in [0.1, 0.15) is 5.82 Å². The maximum Gasteiger partial charge on any atom is 0.323 e. The van der Waals surface area contributed by atoms with Gasteiger partial charge in [-0.25, -0.2) is 19.2 Å². The predicted molar refractivity (Wildman–Crippen MR) is 141 cm³/mol. The molecule has 0 bridgehead atoms. The molecule has 0 saturated heterocycles. The van der Waals surface area contributed by atoms with Crippen LogP contribution in [0.3, 0.4) is 0 Å². The molecule has 0 unspecified atom stereocenters. The van der Waals surface area contributed by atoms with Crippen LogP contribution in [0.4, 0.5) is 26.5 Å². The second kappa shape index (κ2) is 10.7. The summed E-state index contributed by atoms with van der Waals surface area (Å²) in [5.74, 6) is -0.590. The highest BCUT2D eigenvalue weighted by molar-refractivity contribution is 6.42. The van der Waals surface area contributed by atoms with E-state index in [1.807, 2.05) is 20.8 Å². The number of carbonyl (C=O) groups excluding carboxylic acids is 1. The lowest BCUT2D eigenvalue weighted by molar-refractivity contribution is 0.262. The standard InChI is InChI=1S/C24H24Cl2FN7O/c1-24(2,3)31-12-15(21(28)19-8-9-30-22(29)33-19)13-4-7-18(27)20(10-13)34-23(35)32-14-5-6-16(25)17(26)11-14/h4-12H,28H2,1-3H3,(H2,29,30,33)(H2,32,34,35). The van der Waals surface area contributed by atoms with Crippen molar-refractivity contribution in [2.45, 2.75) is 26.3 Å². The molecule has 2 aromatic carbocycles. The number of rotatable bonds is 5. The molecule has 0 radical (unpaired) electrons. The van der Waals surface area contributed by atoms with Gasteiger partial charge in [-0.2, -0.15) is 0 Å². The van der Waals surface area contributed by atoms with E-state index < -0.39 is 17.4 Å². The predicted octanol–water partition coefficient (Wildman–Crippen LogP) is 5.85. The summed E-state index contributed by atoms with van der Waals surface area (Å²) in [5, 5.41) is 5.69. The zero-order chi connectivity index (χ0) is 25.8. The molecule has 0 aliphatic heterocycles. The summed E-state index contributed by atoms with van der Waals surface area (Å²) in [7, 11) is 0. The van der Waals surface area contributed by atoms with Crippen molar-refractivity contribution in [1.82, 2.24) is 9.97 Å². The molecule has 0 spiro atoms. The number of carbonyl (C=O) groups is 1. The number of hydrogen-bond acceptors (Lipinski definition) is 6. The Morgan fingerprint density at radius 2 is 1.83 bits per heavy atom. The Labute approximate surface area is 212 Å². The van der Waals surface area contributed by atoms with Crippen molar-refractivity contribution in [3.8, 4) is 0 Å². The average Bonchev–Trinajstić information content (AvgIpc) is 2.77. The van der Waals surface area contributed by atoms with Gasteiger partial charge >= 0.3 is 6.03 Å². The summed E-state index contributed by atoms with van der Waals surface area (Å²) in [5.41, 5.74) is 13.6. The smallest absolute Gasteiger partial charge is 0.323 e. The van der Waals surface area contributed by atoms with Gasteiger partial charge in [-0.1, -0.05) is 29.3 Å². The number of allylic oxidation sites excluding steroid dienone is 1. The van der Waals surface area contributed by atoms with Crippen LogP contribution in [0.2, 0.25) is 10.0 Å². The number of halogens is 3. The number of hydrogen-bond donors (Lipinski definition) is 4. The zero-order valence-corrected chi connectivity index (χ0v) is 20.7. The first kappa shape index (κ1) is 25.9. The molecule has 3 rings (SSSR count). The Hall–Kier alpha value is -3.69. The number of amides is 2. The van der Waals surface area contributed by atoms with Crippen molar-refractivity contribution in [3.63, 3.8) is 0 Å². The van der Waals surface area contributed by atoms with Crippen molar-refractivity contribution >= 4 is 64.0 Å². The van der Waals surface area contributed by atoms with E-state index in [0.29, 0.717) is 27.5 Å². The van der Waals surface area contributed by atoms with Gasteiger partial charge in [0.05, 0.1) is 32.7 Å². The van der Waals surface area contributed by atoms with Crippen LogP contribution in [-0.4, -0.2) is 27.8 Å². The molecule has 0 fully saturated rings. The Morgan fingerprint density at radius 1 is 1.09 bits per heavy atom. The quantitative estimate of drug-likeness (QED) is 0.316. The number of aromatic nitrogens is 2. The lowest BCUT2D eigenvalue weighted by atomic mass is 10.0. The van der Waals surface area contributed by atoms with Crippen LogP contribution in [0, 0.1) is 5.82 Å². The van der Waals surface area contributed by atoms with Crippen LogP contribution in [0.5, 0.6) is 0 Å². The monoisotopic (exact) mass is 515 g/mol. The lowest BCUT2D eigenvalue weighted by Crippen LogP contribution is -2.20. The highest BCUT2D eigenvalue weighted by atomic mass is 35.5. The van der Waals surface area contributed by atoms with E-state index in [1.54, 1.807) is 18.3 Å². The topological polar surface area (TPSA) is 131 Å². The molecule has 8 nitrogen and oxygen atoms in total. The van der Waals surface area contributed by atoms with Gasteiger partial charge < -0.3 is 22.1 Å². The molecule has 182 valence electrons. The summed E-state index contributed by atoms with van der Waals surface area (Å²) in [4.78, 5) is 25.1. The number of urea groups is 1. The summed E-state index contributed by atoms with van der Waals surface area (Å²) < 4.78 is 14.6. The van der Waals surface area contributed by atoms with Gasteiger partial charge in [0.25, 0.3) is 0 Å². The molecule has 11 heteroatoms. The minimum absolute atomic E-state index is 0.0537. The number of nitrogens with one attached hydrogen (secondary N) is 2.